The molecule has 0 aromatic heterocycles. The van der Waals surface area contributed by atoms with Gasteiger partial charge in [0.15, 0.2) is 0 Å². The van der Waals surface area contributed by atoms with Gasteiger partial charge in [-0.1, -0.05) is 11.8 Å². The van der Waals surface area contributed by atoms with Crippen molar-refractivity contribution in [2.75, 3.05) is 13.2 Å². The van der Waals surface area contributed by atoms with E-state index < -0.39 is 16.6 Å². The summed E-state index contributed by atoms with van der Waals surface area (Å²) in [6.45, 7) is 14.0. The zero-order valence-corrected chi connectivity index (χ0v) is 16.5. The maximum absolute atomic E-state index is 5.99. The Balaban J connectivity index is 3.57. The maximum Gasteiger partial charge on any atom is 0.219 e. The summed E-state index contributed by atoms with van der Waals surface area (Å²) in [7, 11) is -4.11. The summed E-state index contributed by atoms with van der Waals surface area (Å²) in [5.74, 6) is 5.64. The molecule has 0 bridgehead atoms. The van der Waals surface area contributed by atoms with E-state index in [9.17, 15) is 0 Å². The molecule has 0 atom stereocenters. The monoisotopic (exact) mass is 330 g/mol. The Bertz CT molecular complexity index is 563. The van der Waals surface area contributed by atoms with Crippen molar-refractivity contribution >= 4 is 27.0 Å². The Morgan fingerprint density at radius 3 is 1.36 bits per heavy atom. The highest BCUT2D eigenvalue weighted by Gasteiger charge is 2.33. The lowest BCUT2D eigenvalue weighted by molar-refractivity contribution is 0.338. The summed E-state index contributed by atoms with van der Waals surface area (Å²) in [4.78, 5) is 0. The van der Waals surface area contributed by atoms with Gasteiger partial charge in [0, 0.05) is 24.3 Å². The first-order valence-electron chi connectivity index (χ1n) is 7.63. The molecule has 22 heavy (non-hydrogen) atoms. The van der Waals surface area contributed by atoms with Gasteiger partial charge in [-0.15, -0.1) is 12.8 Å². The van der Waals surface area contributed by atoms with Crippen molar-refractivity contribution in [2.45, 2.75) is 40.0 Å². The molecule has 0 aliphatic carbocycles. The second-order valence-electron chi connectivity index (χ2n) is 6.12. The minimum atomic E-state index is -2.06. The van der Waals surface area contributed by atoms with E-state index in [1.54, 1.807) is 0 Å². The Morgan fingerprint density at radius 1 is 0.818 bits per heavy atom. The minimum Gasteiger partial charge on any atom is -0.413 e. The van der Waals surface area contributed by atoms with Gasteiger partial charge < -0.3 is 8.85 Å². The van der Waals surface area contributed by atoms with Gasteiger partial charge in [0.05, 0.1) is 0 Å². The second-order valence-corrected chi connectivity index (χ2v) is 13.8. The van der Waals surface area contributed by atoms with E-state index in [0.717, 1.165) is 21.5 Å². The molecule has 0 saturated carbocycles. The number of hydrogen-bond acceptors (Lipinski definition) is 2. The molecule has 0 unspecified atom stereocenters. The predicted molar refractivity (Wildman–Crippen MR) is 99.8 cm³/mol. The average Bonchev–Trinajstić information content (AvgIpc) is 2.45. The zero-order valence-electron chi connectivity index (χ0n) is 14.5. The molecular formula is C18H26O2Si2. The highest BCUT2D eigenvalue weighted by Crippen LogP contribution is 2.14. The van der Waals surface area contributed by atoms with Crippen molar-refractivity contribution in [3.05, 3.63) is 23.3 Å². The topological polar surface area (TPSA) is 18.5 Å². The van der Waals surface area contributed by atoms with Crippen LogP contribution >= 0.6 is 0 Å². The van der Waals surface area contributed by atoms with Crippen LogP contribution < -0.4 is 10.4 Å². The van der Waals surface area contributed by atoms with Gasteiger partial charge >= 0.3 is 0 Å². The first-order valence-corrected chi connectivity index (χ1v) is 13.4. The number of terminal acetylenes is 2. The van der Waals surface area contributed by atoms with E-state index >= 15 is 0 Å². The van der Waals surface area contributed by atoms with Gasteiger partial charge in [-0.2, -0.15) is 0 Å². The fraction of sp³-hybridized carbons (Fsp3) is 0.444. The summed E-state index contributed by atoms with van der Waals surface area (Å²) < 4.78 is 12.0. The van der Waals surface area contributed by atoms with Crippen LogP contribution in [0.5, 0.6) is 0 Å². The highest BCUT2D eigenvalue weighted by atomic mass is 28.4. The average molecular weight is 331 g/mol. The molecule has 0 spiro atoms. The Kier molecular flexibility index (Phi) is 6.22. The third-order valence-electron chi connectivity index (χ3n) is 3.78. The first kappa shape index (κ1) is 18.7. The molecule has 2 nitrogen and oxygen atoms in total. The molecule has 1 aromatic carbocycles. The van der Waals surface area contributed by atoms with Gasteiger partial charge in [-0.25, -0.2) is 0 Å². The van der Waals surface area contributed by atoms with Gasteiger partial charge in [-0.05, 0) is 62.5 Å². The van der Waals surface area contributed by atoms with Crippen molar-refractivity contribution in [3.63, 3.8) is 0 Å². The van der Waals surface area contributed by atoms with E-state index in [4.69, 9.17) is 21.7 Å². The molecule has 0 aliphatic heterocycles. The molecule has 1 aromatic rings. The quantitative estimate of drug-likeness (QED) is 0.589. The molecule has 0 amide bonds. The molecule has 0 aliphatic rings. The Morgan fingerprint density at radius 2 is 1.14 bits per heavy atom. The minimum absolute atomic E-state index is 0.676. The molecule has 0 radical (unpaired) electrons. The van der Waals surface area contributed by atoms with Gasteiger partial charge in [0.1, 0.15) is 0 Å². The third kappa shape index (κ3) is 3.91. The SMILES string of the molecule is C#Cc1cc([Si](C)(C)OCC)c(C#C)cc1[Si](C)(C)OCC. The van der Waals surface area contributed by atoms with E-state index in [0.29, 0.717) is 13.2 Å². The molecule has 0 saturated heterocycles. The molecule has 0 heterocycles. The van der Waals surface area contributed by atoms with Crippen LogP contribution in [0.2, 0.25) is 26.2 Å². The second kappa shape index (κ2) is 7.31. The van der Waals surface area contributed by atoms with E-state index in [1.165, 1.54) is 0 Å². The molecular weight excluding hydrogens is 304 g/mol. The van der Waals surface area contributed by atoms with Crippen molar-refractivity contribution in [1.29, 1.82) is 0 Å². The molecule has 1 rings (SSSR count). The van der Waals surface area contributed by atoms with Crippen LogP contribution in [-0.4, -0.2) is 29.8 Å². The maximum atomic E-state index is 5.99. The van der Waals surface area contributed by atoms with Gasteiger partial charge in [-0.3, -0.25) is 0 Å². The van der Waals surface area contributed by atoms with Crippen molar-refractivity contribution < 1.29 is 8.85 Å². The predicted octanol–water partition coefficient (Wildman–Crippen LogP) is 2.55. The van der Waals surface area contributed by atoms with E-state index in [1.807, 2.05) is 13.8 Å². The lowest BCUT2D eigenvalue weighted by Gasteiger charge is -2.28. The molecule has 4 heteroatoms. The van der Waals surface area contributed by atoms with Crippen molar-refractivity contribution in [3.8, 4) is 24.7 Å². The number of rotatable bonds is 6. The van der Waals surface area contributed by atoms with Crippen LogP contribution in [0.15, 0.2) is 12.1 Å². The standard InChI is InChI=1S/C18H26O2Si2/c1-9-15-13-18(22(7,8)20-12-4)16(10-2)14-17(15)21(5,6)19-11-3/h1-2,13-14H,11-12H2,3-8H3. The Labute approximate surface area is 137 Å². The van der Waals surface area contributed by atoms with Gasteiger partial charge in [0.25, 0.3) is 0 Å². The van der Waals surface area contributed by atoms with Crippen LogP contribution in [0, 0.1) is 24.7 Å². The van der Waals surface area contributed by atoms with Crippen molar-refractivity contribution in [2.24, 2.45) is 0 Å². The van der Waals surface area contributed by atoms with Crippen LogP contribution in [0.1, 0.15) is 25.0 Å². The smallest absolute Gasteiger partial charge is 0.219 e. The van der Waals surface area contributed by atoms with Crippen LogP contribution in [0.3, 0.4) is 0 Å². The fourth-order valence-electron chi connectivity index (χ4n) is 2.71. The summed E-state index contributed by atoms with van der Waals surface area (Å²) in [6.07, 6.45) is 11.5. The summed E-state index contributed by atoms with van der Waals surface area (Å²) in [5.41, 5.74) is 1.78. The molecule has 0 N–H and O–H groups in total. The largest absolute Gasteiger partial charge is 0.413 e. The lowest BCUT2D eigenvalue weighted by Crippen LogP contribution is -2.51. The summed E-state index contributed by atoms with van der Waals surface area (Å²) >= 11 is 0. The fourth-order valence-corrected chi connectivity index (χ4v) is 7.04. The zero-order chi connectivity index (χ0) is 17.0. The van der Waals surface area contributed by atoms with Crippen LogP contribution in [-0.2, 0) is 8.85 Å². The normalized spacial score (nSPS) is 11.8. The third-order valence-corrected chi connectivity index (χ3v) is 9.22. The lowest BCUT2D eigenvalue weighted by atomic mass is 10.1. The first-order chi connectivity index (χ1) is 10.2. The Hall–Kier alpha value is -1.31. The van der Waals surface area contributed by atoms with E-state index in [2.05, 4.69) is 50.2 Å². The van der Waals surface area contributed by atoms with Crippen molar-refractivity contribution in [1.82, 2.24) is 0 Å². The summed E-state index contributed by atoms with van der Waals surface area (Å²) in [6, 6.07) is 4.11. The van der Waals surface area contributed by atoms with Gasteiger partial charge in [0.2, 0.25) is 16.6 Å². The summed E-state index contributed by atoms with van der Waals surface area (Å²) in [5, 5.41) is 2.18. The number of hydrogen-bond donors (Lipinski definition) is 0. The van der Waals surface area contributed by atoms with Crippen LogP contribution in [0.4, 0.5) is 0 Å². The molecule has 118 valence electrons. The van der Waals surface area contributed by atoms with E-state index in [-0.39, 0.29) is 0 Å². The van der Waals surface area contributed by atoms with Crippen LogP contribution in [0.25, 0.3) is 0 Å². The highest BCUT2D eigenvalue weighted by molar-refractivity contribution is 6.86. The molecule has 0 fully saturated rings. The number of benzene rings is 1.